The lowest BCUT2D eigenvalue weighted by atomic mass is 9.70. The number of amides is 4. The van der Waals surface area contributed by atoms with Gasteiger partial charge >= 0.3 is 24.5 Å². The van der Waals surface area contributed by atoms with Crippen molar-refractivity contribution in [2.24, 2.45) is 0 Å². The molecule has 0 saturated carbocycles. The third kappa shape index (κ3) is 9.68. The molecular weight excluding hydrogens is 766 g/mol. The normalized spacial score (nSPS) is 12.3. The van der Waals surface area contributed by atoms with Gasteiger partial charge in [-0.05, 0) is 77.9 Å². The van der Waals surface area contributed by atoms with Crippen molar-refractivity contribution in [1.82, 2.24) is 0 Å². The predicted molar refractivity (Wildman–Crippen MR) is 198 cm³/mol. The lowest BCUT2D eigenvalue weighted by Crippen LogP contribution is -2.55. The second-order valence-corrected chi connectivity index (χ2v) is 14.4. The van der Waals surface area contributed by atoms with Crippen molar-refractivity contribution < 1.29 is 65.2 Å². The minimum atomic E-state index is -6.48. The Balaban J connectivity index is 2.20. The van der Waals surface area contributed by atoms with Gasteiger partial charge in [0, 0.05) is 22.3 Å². The van der Waals surface area contributed by atoms with Crippen LogP contribution in [0.4, 0.5) is 58.7 Å². The zero-order valence-electron chi connectivity index (χ0n) is 31.2. The number of halogens is 6. The summed E-state index contributed by atoms with van der Waals surface area (Å²) in [7, 11) is 0. The number of hydrogen-bond acceptors (Lipinski definition) is 8. The minimum absolute atomic E-state index is 0.216. The van der Waals surface area contributed by atoms with Gasteiger partial charge in [0.2, 0.25) is 5.41 Å². The molecule has 0 bridgehead atoms. The monoisotopic (exact) mass is 804 g/mol. The number of carbonyl (C=O) groups is 4. The molecule has 0 atom stereocenters. The average molecular weight is 805 g/mol. The molecule has 4 aromatic carbocycles. The first-order valence-corrected chi connectivity index (χ1v) is 16.9. The zero-order valence-corrected chi connectivity index (χ0v) is 31.2. The van der Waals surface area contributed by atoms with Gasteiger partial charge in [0.1, 0.15) is 34.1 Å². The van der Waals surface area contributed by atoms with E-state index in [0.717, 1.165) is 0 Å². The Labute approximate surface area is 322 Å². The highest BCUT2D eigenvalue weighted by Crippen LogP contribution is 2.62. The Morgan fingerprint density at radius 1 is 0.474 bits per heavy atom. The first kappa shape index (κ1) is 43.3. The molecule has 304 valence electrons. The molecule has 0 aromatic heterocycles. The van der Waals surface area contributed by atoms with Crippen LogP contribution in [-0.2, 0) is 14.9 Å². The third-order valence-electron chi connectivity index (χ3n) is 7.83. The number of phenols is 2. The molecule has 0 saturated heterocycles. The molecule has 0 heterocycles. The van der Waals surface area contributed by atoms with Gasteiger partial charge in [-0.2, -0.15) is 26.3 Å². The molecule has 0 aliphatic rings. The summed E-state index contributed by atoms with van der Waals surface area (Å²) >= 11 is 0. The topological polar surface area (TPSA) is 175 Å². The van der Waals surface area contributed by atoms with Crippen LogP contribution in [-0.4, -0.2) is 57.8 Å². The molecule has 0 aliphatic carbocycles. The van der Waals surface area contributed by atoms with E-state index >= 15 is 26.3 Å². The number of carbonyl (C=O) groups excluding carboxylic acids is 4. The van der Waals surface area contributed by atoms with E-state index in [2.05, 4.69) is 0 Å². The van der Waals surface area contributed by atoms with Gasteiger partial charge < -0.3 is 30.3 Å². The SMILES string of the molecule is CC(C)(C)OC(=O)Nc1c(O)ccc(C(c2ccc(O)c(NC(=O)OC(C)(C)C)c2NC(=O)c2ccccc2)(C(F)(F)F)C(F)(F)F)c1NC(=O)c1ccccc1. The second kappa shape index (κ2) is 16.0. The molecule has 0 fully saturated rings. The fourth-order valence-electron chi connectivity index (χ4n) is 5.60. The van der Waals surface area contributed by atoms with Crippen LogP contribution in [0.2, 0.25) is 0 Å². The molecule has 6 N–H and O–H groups in total. The number of benzene rings is 4. The standard InChI is InChI=1S/C39H38F6N4O8/c1-35(2,3)56-33(54)48-29-25(50)19-17-23(27(29)46-31(52)21-13-9-7-10-14-21)37(38(40,41)42,39(43,44)45)24-18-20-26(51)30(49-34(55)57-36(4,5)6)28(24)47-32(53)22-15-11-8-12-16-22/h7-20,50-51H,1-6H3,(H,46,52)(H,47,53)(H,48,54)(H,49,55). The molecule has 0 radical (unpaired) electrons. The molecule has 4 aromatic rings. The van der Waals surface area contributed by atoms with Crippen molar-refractivity contribution in [3.8, 4) is 11.5 Å². The van der Waals surface area contributed by atoms with E-state index in [1.807, 2.05) is 21.3 Å². The largest absolute Gasteiger partial charge is 0.506 e. The number of anilines is 4. The Hall–Kier alpha value is -6.46. The van der Waals surface area contributed by atoms with Gasteiger partial charge in [0.05, 0.1) is 11.4 Å². The highest BCUT2D eigenvalue weighted by molar-refractivity contribution is 6.10. The Bertz CT molecular complexity index is 1990. The van der Waals surface area contributed by atoms with Crippen molar-refractivity contribution in [2.75, 3.05) is 21.3 Å². The summed E-state index contributed by atoms with van der Waals surface area (Å²) in [6.07, 6.45) is -15.9. The van der Waals surface area contributed by atoms with E-state index in [9.17, 15) is 29.4 Å². The number of phenolic OH excluding ortho intramolecular Hbond substituents is 2. The van der Waals surface area contributed by atoms with Crippen LogP contribution in [0.5, 0.6) is 11.5 Å². The molecule has 18 heteroatoms. The van der Waals surface area contributed by atoms with Crippen LogP contribution < -0.4 is 21.3 Å². The van der Waals surface area contributed by atoms with Crippen molar-refractivity contribution in [2.45, 2.75) is 70.5 Å². The predicted octanol–water partition coefficient (Wildman–Crippen LogP) is 9.71. The number of alkyl halides is 6. The highest BCUT2D eigenvalue weighted by Gasteiger charge is 2.74. The third-order valence-corrected chi connectivity index (χ3v) is 7.83. The number of aromatic hydroxyl groups is 2. The minimum Gasteiger partial charge on any atom is -0.506 e. The maximum absolute atomic E-state index is 16.1. The smallest absolute Gasteiger partial charge is 0.412 e. The summed E-state index contributed by atoms with van der Waals surface area (Å²) in [4.78, 5) is 53.1. The van der Waals surface area contributed by atoms with Crippen LogP contribution in [0, 0.1) is 0 Å². The molecule has 4 amide bonds. The van der Waals surface area contributed by atoms with Crippen LogP contribution in [0.1, 0.15) is 73.4 Å². The van der Waals surface area contributed by atoms with Crippen LogP contribution in [0.15, 0.2) is 84.9 Å². The molecule has 12 nitrogen and oxygen atoms in total. The first-order chi connectivity index (χ1) is 26.3. The van der Waals surface area contributed by atoms with Crippen LogP contribution >= 0.6 is 0 Å². The van der Waals surface area contributed by atoms with Gasteiger partial charge in [-0.1, -0.05) is 48.5 Å². The number of nitrogens with one attached hydrogen (secondary N) is 4. The van der Waals surface area contributed by atoms with Crippen LogP contribution in [0.3, 0.4) is 0 Å². The van der Waals surface area contributed by atoms with E-state index < -0.39 is 98.3 Å². The first-order valence-electron chi connectivity index (χ1n) is 16.9. The lowest BCUT2D eigenvalue weighted by molar-refractivity contribution is -0.288. The van der Waals surface area contributed by atoms with Gasteiger partial charge in [-0.15, -0.1) is 0 Å². The molecule has 0 unspecified atom stereocenters. The van der Waals surface area contributed by atoms with Crippen molar-refractivity contribution >= 4 is 46.8 Å². The number of hydrogen-bond donors (Lipinski definition) is 6. The Morgan fingerprint density at radius 2 is 0.789 bits per heavy atom. The maximum Gasteiger partial charge on any atom is 0.412 e. The molecule has 57 heavy (non-hydrogen) atoms. The summed E-state index contributed by atoms with van der Waals surface area (Å²) in [6, 6.07) is 14.4. The maximum atomic E-state index is 16.1. The Morgan fingerprint density at radius 3 is 1.07 bits per heavy atom. The fraction of sp³-hybridized carbons (Fsp3) is 0.282. The van der Waals surface area contributed by atoms with Crippen molar-refractivity contribution in [1.29, 1.82) is 0 Å². The average Bonchev–Trinajstić information content (AvgIpc) is 3.07. The second-order valence-electron chi connectivity index (χ2n) is 14.4. The summed E-state index contributed by atoms with van der Waals surface area (Å²) in [5.74, 6) is -4.74. The number of rotatable bonds is 8. The molecular formula is C39H38F6N4O8. The van der Waals surface area contributed by atoms with Gasteiger partial charge in [0.25, 0.3) is 11.8 Å². The van der Waals surface area contributed by atoms with E-state index in [1.54, 1.807) is 0 Å². The van der Waals surface area contributed by atoms with Crippen LogP contribution in [0.25, 0.3) is 0 Å². The molecule has 0 aliphatic heterocycles. The summed E-state index contributed by atoms with van der Waals surface area (Å²) in [5, 5.41) is 29.7. The molecule has 0 spiro atoms. The van der Waals surface area contributed by atoms with E-state index in [1.165, 1.54) is 102 Å². The van der Waals surface area contributed by atoms with E-state index in [-0.39, 0.29) is 23.3 Å². The number of ether oxygens (including phenoxy) is 2. The molecule has 4 rings (SSSR count). The van der Waals surface area contributed by atoms with Gasteiger partial charge in [-0.3, -0.25) is 20.2 Å². The summed E-state index contributed by atoms with van der Waals surface area (Å²) in [6.45, 7) is 8.41. The van der Waals surface area contributed by atoms with Gasteiger partial charge in [-0.25, -0.2) is 9.59 Å². The fourth-order valence-corrected chi connectivity index (χ4v) is 5.60. The van der Waals surface area contributed by atoms with E-state index in [4.69, 9.17) is 9.47 Å². The quantitative estimate of drug-likeness (QED) is 0.0754. The summed E-state index contributed by atoms with van der Waals surface area (Å²) < 4.78 is 107. The lowest BCUT2D eigenvalue weighted by Gasteiger charge is -2.41. The van der Waals surface area contributed by atoms with Crippen molar-refractivity contribution in [3.63, 3.8) is 0 Å². The van der Waals surface area contributed by atoms with Gasteiger partial charge in [0.15, 0.2) is 0 Å². The Kier molecular flexibility index (Phi) is 12.1. The summed E-state index contributed by atoms with van der Waals surface area (Å²) in [5.41, 5.74) is -17.1. The van der Waals surface area contributed by atoms with Crippen molar-refractivity contribution in [3.05, 3.63) is 107 Å². The zero-order chi connectivity index (χ0) is 42.7. The van der Waals surface area contributed by atoms with E-state index in [0.29, 0.717) is 12.1 Å². The highest BCUT2D eigenvalue weighted by atomic mass is 19.4.